The summed E-state index contributed by atoms with van der Waals surface area (Å²) < 4.78 is 6.33. The number of benzene rings is 2. The van der Waals surface area contributed by atoms with Crippen molar-refractivity contribution in [3.8, 4) is 11.3 Å². The molecule has 3 rings (SSSR count). The number of anilines is 2. The minimum Gasteiger partial charge on any atom is -0.354 e. The second-order valence-corrected chi connectivity index (χ2v) is 5.77. The Labute approximate surface area is 140 Å². The number of aromatic nitrogens is 1. The van der Waals surface area contributed by atoms with Crippen LogP contribution in [0.5, 0.6) is 0 Å². The molecule has 0 saturated heterocycles. The molecule has 0 atom stereocenters. The average molecular weight is 405 g/mol. The zero-order valence-corrected chi connectivity index (χ0v) is 13.6. The number of carbonyl (C=O) groups is 1. The first-order chi connectivity index (χ1) is 10.7. The van der Waals surface area contributed by atoms with Crippen molar-refractivity contribution < 1.29 is 9.32 Å². The van der Waals surface area contributed by atoms with Crippen molar-refractivity contribution in [3.63, 3.8) is 0 Å². The number of nitrogens with one attached hydrogen (secondary N) is 2. The molecule has 0 unspecified atom stereocenters. The van der Waals surface area contributed by atoms with E-state index < -0.39 is 0 Å². The van der Waals surface area contributed by atoms with Gasteiger partial charge in [0, 0.05) is 20.9 Å². The van der Waals surface area contributed by atoms with Crippen LogP contribution in [0.3, 0.4) is 0 Å². The maximum atomic E-state index is 11.9. The van der Waals surface area contributed by atoms with E-state index in [1.165, 1.54) is 0 Å². The smallest absolute Gasteiger partial charge is 0.324 e. The van der Waals surface area contributed by atoms with Crippen LogP contribution in [0, 0.1) is 3.57 Å². The van der Waals surface area contributed by atoms with Crippen LogP contribution in [-0.4, -0.2) is 11.2 Å². The third-order valence-corrected chi connectivity index (χ3v) is 3.63. The van der Waals surface area contributed by atoms with Gasteiger partial charge in [-0.25, -0.2) is 4.79 Å². The molecule has 0 bridgehead atoms. The van der Waals surface area contributed by atoms with Crippen molar-refractivity contribution in [2.45, 2.75) is 0 Å². The molecule has 0 fully saturated rings. The predicted octanol–water partition coefficient (Wildman–Crippen LogP) is 4.59. The summed E-state index contributed by atoms with van der Waals surface area (Å²) in [6, 6.07) is 18.4. The molecule has 1 aromatic heterocycles. The molecule has 0 aliphatic heterocycles. The molecule has 2 N–H and O–H groups in total. The van der Waals surface area contributed by atoms with Gasteiger partial charge in [-0.2, -0.15) is 0 Å². The maximum absolute atomic E-state index is 11.9. The Balaban J connectivity index is 1.65. The number of urea groups is 1. The summed E-state index contributed by atoms with van der Waals surface area (Å²) in [6.07, 6.45) is 0. The molecule has 5 nitrogen and oxygen atoms in total. The Kier molecular flexibility index (Phi) is 4.38. The number of rotatable bonds is 3. The predicted molar refractivity (Wildman–Crippen MR) is 93.7 cm³/mol. The third kappa shape index (κ3) is 3.64. The van der Waals surface area contributed by atoms with Crippen molar-refractivity contribution in [2.24, 2.45) is 0 Å². The van der Waals surface area contributed by atoms with Crippen molar-refractivity contribution in [1.29, 1.82) is 0 Å². The van der Waals surface area contributed by atoms with Gasteiger partial charge in [0.2, 0.25) is 0 Å². The largest absolute Gasteiger partial charge is 0.354 e. The SMILES string of the molecule is O=C(Nc1ccc(I)cc1)Nc1cc(-c2ccccc2)on1. The monoisotopic (exact) mass is 405 g/mol. The second-order valence-electron chi connectivity index (χ2n) is 4.53. The van der Waals surface area contributed by atoms with E-state index in [4.69, 9.17) is 4.52 Å². The van der Waals surface area contributed by atoms with E-state index in [2.05, 4.69) is 38.4 Å². The van der Waals surface area contributed by atoms with Crippen molar-refractivity contribution in [3.05, 3.63) is 64.2 Å². The highest BCUT2D eigenvalue weighted by molar-refractivity contribution is 14.1. The zero-order chi connectivity index (χ0) is 15.4. The van der Waals surface area contributed by atoms with Gasteiger partial charge in [-0.05, 0) is 46.9 Å². The molecule has 6 heteroatoms. The fourth-order valence-electron chi connectivity index (χ4n) is 1.88. The van der Waals surface area contributed by atoms with Gasteiger partial charge < -0.3 is 9.84 Å². The number of carbonyl (C=O) groups excluding carboxylic acids is 1. The van der Waals surface area contributed by atoms with Gasteiger partial charge in [-0.3, -0.25) is 5.32 Å². The van der Waals surface area contributed by atoms with Gasteiger partial charge in [0.05, 0.1) is 0 Å². The summed E-state index contributed by atoms with van der Waals surface area (Å²) in [7, 11) is 0. The molecule has 0 aliphatic rings. The van der Waals surface area contributed by atoms with Gasteiger partial charge in [-0.15, -0.1) is 0 Å². The van der Waals surface area contributed by atoms with Gasteiger partial charge in [-0.1, -0.05) is 35.5 Å². The Bertz CT molecular complexity index is 770. The van der Waals surface area contributed by atoms with Gasteiger partial charge >= 0.3 is 6.03 Å². The molecular weight excluding hydrogens is 393 g/mol. The van der Waals surface area contributed by atoms with Gasteiger partial charge in [0.15, 0.2) is 11.6 Å². The molecule has 110 valence electrons. The van der Waals surface area contributed by atoms with Crippen LogP contribution in [0.15, 0.2) is 65.2 Å². The lowest BCUT2D eigenvalue weighted by Gasteiger charge is -2.04. The highest BCUT2D eigenvalue weighted by Gasteiger charge is 2.09. The Morgan fingerprint density at radius 3 is 2.45 bits per heavy atom. The lowest BCUT2D eigenvalue weighted by molar-refractivity contribution is 0.262. The van der Waals surface area contributed by atoms with E-state index >= 15 is 0 Å². The molecule has 0 radical (unpaired) electrons. The lowest BCUT2D eigenvalue weighted by Crippen LogP contribution is -2.19. The molecule has 22 heavy (non-hydrogen) atoms. The van der Waals surface area contributed by atoms with Crippen LogP contribution in [-0.2, 0) is 0 Å². The molecular formula is C16H12IN3O2. The first-order valence-electron chi connectivity index (χ1n) is 6.56. The Morgan fingerprint density at radius 2 is 1.73 bits per heavy atom. The quantitative estimate of drug-likeness (QED) is 0.627. The number of hydrogen-bond acceptors (Lipinski definition) is 3. The fourth-order valence-corrected chi connectivity index (χ4v) is 2.24. The van der Waals surface area contributed by atoms with Crippen molar-refractivity contribution in [2.75, 3.05) is 10.6 Å². The molecule has 3 aromatic rings. The topological polar surface area (TPSA) is 67.2 Å². The van der Waals surface area contributed by atoms with Crippen LogP contribution in [0.4, 0.5) is 16.3 Å². The summed E-state index contributed by atoms with van der Waals surface area (Å²) in [6.45, 7) is 0. The molecule has 0 spiro atoms. The minimum absolute atomic E-state index is 0.363. The summed E-state index contributed by atoms with van der Waals surface area (Å²) in [5, 5.41) is 9.21. The van der Waals surface area contributed by atoms with Crippen molar-refractivity contribution in [1.82, 2.24) is 5.16 Å². The third-order valence-electron chi connectivity index (χ3n) is 2.91. The maximum Gasteiger partial charge on any atom is 0.324 e. The molecule has 2 amide bonds. The van der Waals surface area contributed by atoms with E-state index in [9.17, 15) is 4.79 Å². The van der Waals surface area contributed by atoms with E-state index in [1.54, 1.807) is 6.07 Å². The summed E-state index contributed by atoms with van der Waals surface area (Å²) in [4.78, 5) is 11.9. The number of hydrogen-bond donors (Lipinski definition) is 2. The van der Waals surface area contributed by atoms with Gasteiger partial charge in [0.1, 0.15) is 0 Å². The highest BCUT2D eigenvalue weighted by Crippen LogP contribution is 2.22. The summed E-state index contributed by atoms with van der Waals surface area (Å²) in [5.41, 5.74) is 1.62. The first kappa shape index (κ1) is 14.6. The van der Waals surface area contributed by atoms with E-state index in [0.717, 1.165) is 9.13 Å². The zero-order valence-electron chi connectivity index (χ0n) is 11.4. The van der Waals surface area contributed by atoms with Gasteiger partial charge in [0.25, 0.3) is 0 Å². The number of amides is 2. The Morgan fingerprint density at radius 1 is 1.00 bits per heavy atom. The lowest BCUT2D eigenvalue weighted by atomic mass is 10.2. The molecule has 1 heterocycles. The second kappa shape index (κ2) is 6.61. The van der Waals surface area contributed by atoms with Crippen molar-refractivity contribution >= 4 is 40.1 Å². The summed E-state index contributed by atoms with van der Waals surface area (Å²) >= 11 is 2.21. The van der Waals surface area contributed by atoms with E-state index in [0.29, 0.717) is 17.3 Å². The standard InChI is InChI=1S/C16H12IN3O2/c17-12-6-8-13(9-7-12)18-16(21)19-15-10-14(22-20-15)11-4-2-1-3-5-11/h1-10H,(H2,18,19,20,21). The minimum atomic E-state index is -0.367. The van der Waals surface area contributed by atoms with Crippen LogP contribution >= 0.6 is 22.6 Å². The van der Waals surface area contributed by atoms with E-state index in [-0.39, 0.29) is 6.03 Å². The fraction of sp³-hybridized carbons (Fsp3) is 0. The summed E-state index contributed by atoms with van der Waals surface area (Å²) in [5.74, 6) is 0.965. The van der Waals surface area contributed by atoms with Crippen LogP contribution in [0.25, 0.3) is 11.3 Å². The Hall–Kier alpha value is -2.35. The van der Waals surface area contributed by atoms with Crippen LogP contribution in [0.1, 0.15) is 0 Å². The highest BCUT2D eigenvalue weighted by atomic mass is 127. The number of nitrogens with zero attached hydrogens (tertiary/aromatic N) is 1. The molecule has 0 aliphatic carbocycles. The number of halogens is 1. The molecule has 0 saturated carbocycles. The first-order valence-corrected chi connectivity index (χ1v) is 7.64. The van der Waals surface area contributed by atoms with Crippen LogP contribution < -0.4 is 10.6 Å². The molecule has 2 aromatic carbocycles. The average Bonchev–Trinajstić information content (AvgIpc) is 2.99. The van der Waals surface area contributed by atoms with E-state index in [1.807, 2.05) is 54.6 Å². The normalized spacial score (nSPS) is 10.2. The van der Waals surface area contributed by atoms with Crippen LogP contribution in [0.2, 0.25) is 0 Å².